The van der Waals surface area contributed by atoms with Gasteiger partial charge in [0.2, 0.25) is 11.8 Å². The van der Waals surface area contributed by atoms with Crippen LogP contribution in [-0.2, 0) is 25.6 Å². The van der Waals surface area contributed by atoms with Crippen LogP contribution in [0.25, 0.3) is 0 Å². The molecule has 0 bridgehead atoms. The van der Waals surface area contributed by atoms with Crippen LogP contribution in [0, 0.1) is 0 Å². The van der Waals surface area contributed by atoms with Gasteiger partial charge in [0.05, 0.1) is 6.04 Å². The Bertz CT molecular complexity index is 705. The lowest BCUT2D eigenvalue weighted by Crippen LogP contribution is -2.58. The standard InChI is InChI=1S/C16H20N4O6/c17-11(7-9-1-3-10(21)4-2-9)15(24)18-12-5-6-14(23)20(16(12)25)8-13(22)19-26/h1-4,11-12,21,26H,5-8,17H2,(H,18,24)(H,19,22)/t11?,12-/m0/s1. The minimum absolute atomic E-state index is 0.0252. The van der Waals surface area contributed by atoms with Crippen LogP contribution < -0.4 is 16.5 Å². The number of phenolic OH excluding ortho intramolecular Hbond substituents is 1. The summed E-state index contributed by atoms with van der Waals surface area (Å²) in [5.74, 6) is -2.68. The summed E-state index contributed by atoms with van der Waals surface area (Å²) >= 11 is 0. The quantitative estimate of drug-likeness (QED) is 0.231. The van der Waals surface area contributed by atoms with Gasteiger partial charge in [-0.3, -0.25) is 29.3 Å². The van der Waals surface area contributed by atoms with Gasteiger partial charge in [0.15, 0.2) is 0 Å². The number of aromatic hydroxyl groups is 1. The van der Waals surface area contributed by atoms with E-state index in [0.29, 0.717) is 4.90 Å². The average Bonchev–Trinajstić information content (AvgIpc) is 2.62. The highest BCUT2D eigenvalue weighted by Gasteiger charge is 2.36. The van der Waals surface area contributed by atoms with Crippen LogP contribution >= 0.6 is 0 Å². The average molecular weight is 364 g/mol. The number of carbonyl (C=O) groups excluding carboxylic acids is 4. The Morgan fingerprint density at radius 2 is 1.92 bits per heavy atom. The summed E-state index contributed by atoms with van der Waals surface area (Å²) < 4.78 is 0. The maximum absolute atomic E-state index is 12.3. The first-order chi connectivity index (χ1) is 12.3. The van der Waals surface area contributed by atoms with E-state index in [-0.39, 0.29) is 25.0 Å². The molecule has 2 rings (SSSR count). The summed E-state index contributed by atoms with van der Waals surface area (Å²) in [4.78, 5) is 48.2. The third-order valence-electron chi connectivity index (χ3n) is 3.98. The van der Waals surface area contributed by atoms with E-state index in [0.717, 1.165) is 5.56 Å². The second-order valence-electron chi connectivity index (χ2n) is 5.93. The zero-order valence-corrected chi connectivity index (χ0v) is 13.8. The molecule has 140 valence electrons. The molecule has 1 aromatic rings. The van der Waals surface area contributed by atoms with E-state index in [1.54, 1.807) is 12.1 Å². The van der Waals surface area contributed by atoms with Gasteiger partial charge in [-0.05, 0) is 30.5 Å². The van der Waals surface area contributed by atoms with E-state index in [2.05, 4.69) is 5.32 Å². The van der Waals surface area contributed by atoms with Gasteiger partial charge >= 0.3 is 0 Å². The van der Waals surface area contributed by atoms with Gasteiger partial charge in [0, 0.05) is 6.42 Å². The molecule has 1 saturated heterocycles. The summed E-state index contributed by atoms with van der Waals surface area (Å²) in [6.07, 6.45) is 0.276. The number of benzene rings is 1. The van der Waals surface area contributed by atoms with Crippen molar-refractivity contribution in [3.63, 3.8) is 0 Å². The molecule has 1 fully saturated rings. The van der Waals surface area contributed by atoms with Crippen LogP contribution in [0.5, 0.6) is 5.75 Å². The summed E-state index contributed by atoms with van der Waals surface area (Å²) in [6, 6.07) is 4.29. The molecule has 26 heavy (non-hydrogen) atoms. The molecule has 1 heterocycles. The molecular formula is C16H20N4O6. The van der Waals surface area contributed by atoms with E-state index < -0.39 is 42.3 Å². The number of hydrogen-bond donors (Lipinski definition) is 5. The number of likely N-dealkylation sites (tertiary alicyclic amines) is 1. The van der Waals surface area contributed by atoms with Crippen molar-refractivity contribution in [1.29, 1.82) is 0 Å². The molecule has 1 aromatic carbocycles. The number of nitrogens with one attached hydrogen (secondary N) is 2. The largest absolute Gasteiger partial charge is 0.508 e. The minimum Gasteiger partial charge on any atom is -0.508 e. The van der Waals surface area contributed by atoms with Crippen molar-refractivity contribution >= 4 is 23.6 Å². The van der Waals surface area contributed by atoms with Gasteiger partial charge in [0.1, 0.15) is 18.3 Å². The second-order valence-corrected chi connectivity index (χ2v) is 5.93. The third-order valence-corrected chi connectivity index (χ3v) is 3.98. The Morgan fingerprint density at radius 3 is 2.54 bits per heavy atom. The Balaban J connectivity index is 1.96. The molecular weight excluding hydrogens is 344 g/mol. The van der Waals surface area contributed by atoms with Crippen molar-refractivity contribution < 1.29 is 29.5 Å². The summed E-state index contributed by atoms with van der Waals surface area (Å²) in [5, 5.41) is 20.3. The lowest BCUT2D eigenvalue weighted by atomic mass is 10.0. The first-order valence-corrected chi connectivity index (χ1v) is 7.93. The summed E-state index contributed by atoms with van der Waals surface area (Å²) in [6.45, 7) is -0.625. The maximum atomic E-state index is 12.3. The molecule has 0 spiro atoms. The number of piperidine rings is 1. The lowest BCUT2D eigenvalue weighted by molar-refractivity contribution is -0.154. The number of rotatable bonds is 6. The minimum atomic E-state index is -0.974. The number of hydroxylamine groups is 1. The van der Waals surface area contributed by atoms with E-state index >= 15 is 0 Å². The molecule has 1 unspecified atom stereocenters. The summed E-state index contributed by atoms with van der Waals surface area (Å²) in [5.41, 5.74) is 7.93. The van der Waals surface area contributed by atoms with Crippen LogP contribution in [-0.4, -0.2) is 57.5 Å². The van der Waals surface area contributed by atoms with Gasteiger partial charge in [-0.15, -0.1) is 0 Å². The van der Waals surface area contributed by atoms with Gasteiger partial charge in [-0.2, -0.15) is 0 Å². The van der Waals surface area contributed by atoms with Gasteiger partial charge in [0.25, 0.3) is 11.8 Å². The predicted molar refractivity (Wildman–Crippen MR) is 87.6 cm³/mol. The Hall–Kier alpha value is -2.98. The smallest absolute Gasteiger partial charge is 0.263 e. The topological polar surface area (TPSA) is 162 Å². The molecule has 1 aliphatic rings. The number of nitrogens with zero attached hydrogens (tertiary/aromatic N) is 1. The zero-order chi connectivity index (χ0) is 19.3. The molecule has 6 N–H and O–H groups in total. The fraction of sp³-hybridized carbons (Fsp3) is 0.375. The molecule has 0 aromatic heterocycles. The molecule has 0 radical (unpaired) electrons. The predicted octanol–water partition coefficient (Wildman–Crippen LogP) is -1.60. The van der Waals surface area contributed by atoms with E-state index in [1.165, 1.54) is 17.6 Å². The summed E-state index contributed by atoms with van der Waals surface area (Å²) in [7, 11) is 0. The lowest BCUT2D eigenvalue weighted by Gasteiger charge is -2.30. The van der Waals surface area contributed by atoms with Crippen molar-refractivity contribution in [2.24, 2.45) is 5.73 Å². The fourth-order valence-electron chi connectivity index (χ4n) is 2.57. The number of hydrogen-bond acceptors (Lipinski definition) is 7. The Kier molecular flexibility index (Phi) is 6.26. The SMILES string of the molecule is NC(Cc1ccc(O)cc1)C(=O)N[C@H]1CCC(=O)N(CC(=O)NO)C1=O. The van der Waals surface area contributed by atoms with Crippen LogP contribution in [0.2, 0.25) is 0 Å². The highest BCUT2D eigenvalue weighted by atomic mass is 16.5. The molecule has 10 heteroatoms. The van der Waals surface area contributed by atoms with Crippen molar-refractivity contribution in [1.82, 2.24) is 15.7 Å². The highest BCUT2D eigenvalue weighted by Crippen LogP contribution is 2.14. The first-order valence-electron chi connectivity index (χ1n) is 7.93. The zero-order valence-electron chi connectivity index (χ0n) is 13.8. The van der Waals surface area contributed by atoms with Crippen molar-refractivity contribution in [2.45, 2.75) is 31.3 Å². The van der Waals surface area contributed by atoms with E-state index in [4.69, 9.17) is 10.9 Å². The molecule has 1 aliphatic heterocycles. The normalized spacial score (nSPS) is 18.4. The maximum Gasteiger partial charge on any atom is 0.263 e. The van der Waals surface area contributed by atoms with E-state index in [9.17, 15) is 24.3 Å². The van der Waals surface area contributed by atoms with Gasteiger partial charge < -0.3 is 16.2 Å². The van der Waals surface area contributed by atoms with Crippen LogP contribution in [0.1, 0.15) is 18.4 Å². The number of carbonyl (C=O) groups is 4. The number of phenols is 1. The van der Waals surface area contributed by atoms with Gasteiger partial charge in [-0.1, -0.05) is 12.1 Å². The van der Waals surface area contributed by atoms with Crippen LogP contribution in [0.15, 0.2) is 24.3 Å². The van der Waals surface area contributed by atoms with Crippen LogP contribution in [0.4, 0.5) is 0 Å². The molecule has 4 amide bonds. The van der Waals surface area contributed by atoms with E-state index in [1.807, 2.05) is 0 Å². The molecule has 2 atom stereocenters. The second kappa shape index (κ2) is 8.41. The highest BCUT2D eigenvalue weighted by molar-refractivity contribution is 6.04. The van der Waals surface area contributed by atoms with Crippen molar-refractivity contribution in [3.8, 4) is 5.75 Å². The van der Waals surface area contributed by atoms with Crippen molar-refractivity contribution in [3.05, 3.63) is 29.8 Å². The van der Waals surface area contributed by atoms with Crippen LogP contribution in [0.3, 0.4) is 0 Å². The number of amides is 4. The molecule has 10 nitrogen and oxygen atoms in total. The Labute approximate surface area is 148 Å². The molecule has 0 saturated carbocycles. The first kappa shape index (κ1) is 19.3. The monoisotopic (exact) mass is 364 g/mol. The van der Waals surface area contributed by atoms with Crippen molar-refractivity contribution in [2.75, 3.05) is 6.54 Å². The fourth-order valence-corrected chi connectivity index (χ4v) is 2.57. The number of imide groups is 1. The Morgan fingerprint density at radius 1 is 1.27 bits per heavy atom. The third kappa shape index (κ3) is 4.77. The molecule has 0 aliphatic carbocycles. The van der Waals surface area contributed by atoms with Gasteiger partial charge in [-0.25, -0.2) is 5.48 Å². The number of nitrogens with two attached hydrogens (primary N) is 1.